The number of hydrogen-bond donors (Lipinski definition) is 2. The molecule has 0 saturated heterocycles. The monoisotopic (exact) mass is 471 g/mol. The van der Waals surface area contributed by atoms with Gasteiger partial charge in [-0.1, -0.05) is 36.6 Å². The van der Waals surface area contributed by atoms with Gasteiger partial charge in [0.25, 0.3) is 0 Å². The standard InChI is InChI=1S/C30H33NO4/c1-18(32)28-16-22(11-12-31-28)13-24-17-29(35-19(24)2)23-7-3-20(4-8-23)5-9-25-26-14-21(15-27(25)26)6-10-30(33)34/h3-4,7-8,11-12,17-18,21-22,24-27,32H,2,6,10,13-16H2,1H3,(H,33,34)/t18-,21?,22?,24?,25-,26-,27+/m0/s1. The molecule has 5 heteroatoms. The van der Waals surface area contributed by atoms with Gasteiger partial charge < -0.3 is 14.9 Å². The molecule has 4 aliphatic rings. The van der Waals surface area contributed by atoms with Crippen molar-refractivity contribution in [3.05, 3.63) is 66.1 Å². The van der Waals surface area contributed by atoms with Gasteiger partial charge in [-0.2, -0.15) is 0 Å². The minimum atomic E-state index is -0.688. The maximum absolute atomic E-state index is 10.8. The number of carboxylic acids is 1. The Morgan fingerprint density at radius 3 is 2.69 bits per heavy atom. The first-order valence-electron chi connectivity index (χ1n) is 12.7. The number of rotatable bonds is 7. The van der Waals surface area contributed by atoms with Crippen LogP contribution < -0.4 is 0 Å². The van der Waals surface area contributed by atoms with E-state index in [1.54, 1.807) is 13.1 Å². The summed E-state index contributed by atoms with van der Waals surface area (Å²) in [4.78, 5) is 15.1. The minimum absolute atomic E-state index is 0.140. The molecule has 5 nitrogen and oxygen atoms in total. The zero-order chi connectivity index (χ0) is 24.5. The van der Waals surface area contributed by atoms with Crippen LogP contribution in [0.4, 0.5) is 0 Å². The molecule has 0 radical (unpaired) electrons. The lowest BCUT2D eigenvalue weighted by Crippen LogP contribution is -2.22. The molecule has 182 valence electrons. The van der Waals surface area contributed by atoms with Gasteiger partial charge in [-0.05, 0) is 80.9 Å². The fourth-order valence-corrected chi connectivity index (χ4v) is 5.91. The summed E-state index contributed by atoms with van der Waals surface area (Å²) in [6.07, 6.45) is 10.5. The summed E-state index contributed by atoms with van der Waals surface area (Å²) in [6, 6.07) is 8.21. The highest BCUT2D eigenvalue weighted by atomic mass is 16.5. The topological polar surface area (TPSA) is 79.1 Å². The zero-order valence-electron chi connectivity index (χ0n) is 20.2. The van der Waals surface area contributed by atoms with E-state index in [-0.39, 0.29) is 12.3 Å². The van der Waals surface area contributed by atoms with Crippen LogP contribution in [-0.4, -0.2) is 28.0 Å². The SMILES string of the molecule is C=C1OC(c2ccc(C#C[C@@H]3[C@H]4CC(CCC(=O)O)C[C@@H]34)cc2)=CC1CC1C=CN=C([C@H](C)O)C1. The quantitative estimate of drug-likeness (QED) is 0.521. The third-order valence-corrected chi connectivity index (χ3v) is 7.98. The molecule has 1 aromatic carbocycles. The van der Waals surface area contributed by atoms with Gasteiger partial charge in [0.15, 0.2) is 0 Å². The van der Waals surface area contributed by atoms with E-state index in [0.29, 0.717) is 29.6 Å². The number of fused-ring (bicyclic) bond motifs is 1. The van der Waals surface area contributed by atoms with Crippen LogP contribution in [0.5, 0.6) is 0 Å². The third kappa shape index (κ3) is 5.44. The number of aliphatic imine (C=N–C) groups is 1. The van der Waals surface area contributed by atoms with Gasteiger partial charge in [0.1, 0.15) is 11.5 Å². The fourth-order valence-electron chi connectivity index (χ4n) is 5.91. The second kappa shape index (κ2) is 9.87. The molecule has 0 amide bonds. The Labute approximate surface area is 207 Å². The van der Waals surface area contributed by atoms with E-state index in [1.807, 2.05) is 12.1 Å². The number of carboxylic acid groups (broad SMARTS) is 1. The molecule has 0 spiro atoms. The fraction of sp³-hybridized carbons (Fsp3) is 0.467. The number of nitrogens with zero attached hydrogens (tertiary/aromatic N) is 1. The number of ether oxygens (including phenoxy) is 1. The number of benzene rings is 1. The van der Waals surface area contributed by atoms with Crippen LogP contribution >= 0.6 is 0 Å². The Hall–Kier alpha value is -3.10. The van der Waals surface area contributed by atoms with Crippen molar-refractivity contribution >= 4 is 17.4 Å². The average molecular weight is 472 g/mol. The summed E-state index contributed by atoms with van der Waals surface area (Å²) in [5.74, 6) is 10.6. The van der Waals surface area contributed by atoms with Crippen LogP contribution in [0.3, 0.4) is 0 Å². The van der Waals surface area contributed by atoms with Crippen LogP contribution in [0.1, 0.15) is 56.6 Å². The molecular formula is C30H33NO4. The lowest BCUT2D eigenvalue weighted by Gasteiger charge is -2.21. The smallest absolute Gasteiger partial charge is 0.303 e. The van der Waals surface area contributed by atoms with E-state index < -0.39 is 12.1 Å². The van der Waals surface area contributed by atoms with E-state index in [4.69, 9.17) is 9.84 Å². The molecule has 1 aromatic rings. The van der Waals surface area contributed by atoms with Crippen molar-refractivity contribution in [2.24, 2.45) is 40.5 Å². The van der Waals surface area contributed by atoms with Crippen LogP contribution in [0.25, 0.3) is 5.76 Å². The normalized spacial score (nSPS) is 31.5. The maximum Gasteiger partial charge on any atom is 0.303 e. The first-order chi connectivity index (χ1) is 16.9. The molecule has 2 aliphatic heterocycles. The maximum atomic E-state index is 10.8. The van der Waals surface area contributed by atoms with Crippen molar-refractivity contribution in [1.82, 2.24) is 0 Å². The lowest BCUT2D eigenvalue weighted by atomic mass is 9.87. The summed E-state index contributed by atoms with van der Waals surface area (Å²) >= 11 is 0. The van der Waals surface area contributed by atoms with Gasteiger partial charge in [-0.25, -0.2) is 0 Å². The van der Waals surface area contributed by atoms with Gasteiger partial charge in [0, 0.05) is 41.3 Å². The predicted octanol–water partition coefficient (Wildman–Crippen LogP) is 5.42. The molecule has 5 rings (SSSR count). The van der Waals surface area contributed by atoms with E-state index in [1.165, 1.54) is 0 Å². The molecule has 7 atom stereocenters. The molecule has 35 heavy (non-hydrogen) atoms. The highest BCUT2D eigenvalue weighted by Gasteiger charge is 2.54. The lowest BCUT2D eigenvalue weighted by molar-refractivity contribution is -0.137. The van der Waals surface area contributed by atoms with Crippen molar-refractivity contribution in [1.29, 1.82) is 0 Å². The van der Waals surface area contributed by atoms with E-state index in [0.717, 1.165) is 60.5 Å². The summed E-state index contributed by atoms with van der Waals surface area (Å²) in [5.41, 5.74) is 2.86. The van der Waals surface area contributed by atoms with E-state index in [2.05, 4.69) is 47.7 Å². The highest BCUT2D eigenvalue weighted by Crippen LogP contribution is 2.60. The summed E-state index contributed by atoms with van der Waals surface area (Å²) in [6.45, 7) is 5.89. The molecule has 2 fully saturated rings. The molecule has 2 heterocycles. The van der Waals surface area contributed by atoms with Gasteiger partial charge in [-0.15, -0.1) is 0 Å². The van der Waals surface area contributed by atoms with Crippen molar-refractivity contribution < 1.29 is 19.7 Å². The molecule has 3 unspecified atom stereocenters. The number of aliphatic carboxylic acids is 1. The Morgan fingerprint density at radius 2 is 2.00 bits per heavy atom. The largest absolute Gasteiger partial charge is 0.481 e. The number of hydrogen-bond acceptors (Lipinski definition) is 4. The molecular weight excluding hydrogens is 438 g/mol. The molecule has 0 bridgehead atoms. The molecule has 2 aliphatic carbocycles. The van der Waals surface area contributed by atoms with Crippen LogP contribution in [0.15, 0.2) is 59.9 Å². The van der Waals surface area contributed by atoms with Gasteiger partial charge in [0.05, 0.1) is 6.10 Å². The Balaban J connectivity index is 1.14. The second-order valence-electron chi connectivity index (χ2n) is 10.5. The van der Waals surface area contributed by atoms with Crippen molar-refractivity contribution in [3.8, 4) is 11.8 Å². The summed E-state index contributed by atoms with van der Waals surface area (Å²) in [5, 5.41) is 18.7. The first-order valence-corrected chi connectivity index (χ1v) is 12.7. The van der Waals surface area contributed by atoms with Gasteiger partial charge in [0.2, 0.25) is 0 Å². The van der Waals surface area contributed by atoms with Crippen molar-refractivity contribution in [2.75, 3.05) is 0 Å². The van der Waals surface area contributed by atoms with Crippen LogP contribution in [0, 0.1) is 47.3 Å². The third-order valence-electron chi connectivity index (χ3n) is 7.98. The Kier molecular flexibility index (Phi) is 6.67. The summed E-state index contributed by atoms with van der Waals surface area (Å²) in [7, 11) is 0. The summed E-state index contributed by atoms with van der Waals surface area (Å²) < 4.78 is 6.01. The van der Waals surface area contributed by atoms with Crippen LogP contribution in [-0.2, 0) is 9.53 Å². The number of allylic oxidation sites excluding steroid dienone is 2. The number of aliphatic hydroxyl groups is 1. The first kappa shape index (κ1) is 23.6. The van der Waals surface area contributed by atoms with Gasteiger partial charge >= 0.3 is 5.97 Å². The number of carbonyl (C=O) groups is 1. The number of aliphatic hydroxyl groups excluding tert-OH is 1. The average Bonchev–Trinajstić information content (AvgIpc) is 3.13. The van der Waals surface area contributed by atoms with E-state index in [9.17, 15) is 9.90 Å². The van der Waals surface area contributed by atoms with Crippen molar-refractivity contribution in [2.45, 2.75) is 51.6 Å². The molecule has 2 N–H and O–H groups in total. The van der Waals surface area contributed by atoms with E-state index >= 15 is 0 Å². The predicted molar refractivity (Wildman–Crippen MR) is 136 cm³/mol. The molecule has 0 aromatic heterocycles. The highest BCUT2D eigenvalue weighted by molar-refractivity contribution is 5.89. The minimum Gasteiger partial charge on any atom is -0.481 e. The van der Waals surface area contributed by atoms with Gasteiger partial charge in [-0.3, -0.25) is 9.79 Å². The van der Waals surface area contributed by atoms with Crippen molar-refractivity contribution in [3.63, 3.8) is 0 Å². The zero-order valence-corrected chi connectivity index (χ0v) is 20.2. The second-order valence-corrected chi connectivity index (χ2v) is 10.5. The Bertz CT molecular complexity index is 1140. The Morgan fingerprint density at radius 1 is 1.26 bits per heavy atom. The molecule has 2 saturated carbocycles. The van der Waals surface area contributed by atoms with Crippen LogP contribution in [0.2, 0.25) is 0 Å².